The summed E-state index contributed by atoms with van der Waals surface area (Å²) in [6.07, 6.45) is 2.56. The highest BCUT2D eigenvalue weighted by Gasteiger charge is 2.28. The van der Waals surface area contributed by atoms with Gasteiger partial charge >= 0.3 is 0 Å². The van der Waals surface area contributed by atoms with Crippen LogP contribution in [0.15, 0.2) is 28.7 Å². The predicted molar refractivity (Wildman–Crippen MR) is 80.8 cm³/mol. The monoisotopic (exact) mass is 324 g/mol. The van der Waals surface area contributed by atoms with Gasteiger partial charge in [0.1, 0.15) is 0 Å². The smallest absolute Gasteiger partial charge is 0.227 e. The van der Waals surface area contributed by atoms with E-state index < -0.39 is 0 Å². The number of carbonyl (C=O) groups excluding carboxylic acids is 1. The Kier molecular flexibility index (Phi) is 4.99. The molecule has 1 aromatic rings. The third kappa shape index (κ3) is 3.57. The molecule has 0 aliphatic carbocycles. The number of hydrogen-bond acceptors (Lipinski definition) is 2. The molecule has 0 bridgehead atoms. The van der Waals surface area contributed by atoms with E-state index >= 15 is 0 Å². The molecule has 2 unspecified atom stereocenters. The van der Waals surface area contributed by atoms with E-state index in [1.54, 1.807) is 0 Å². The summed E-state index contributed by atoms with van der Waals surface area (Å²) in [6, 6.07) is 8.10. The van der Waals surface area contributed by atoms with Crippen molar-refractivity contribution in [3.8, 4) is 0 Å². The Labute approximate surface area is 123 Å². The first-order valence-electron chi connectivity index (χ1n) is 6.84. The molecule has 4 heteroatoms. The van der Waals surface area contributed by atoms with Gasteiger partial charge in [-0.2, -0.15) is 0 Å². The zero-order chi connectivity index (χ0) is 13.8. The van der Waals surface area contributed by atoms with E-state index in [1.807, 2.05) is 29.2 Å². The fourth-order valence-corrected chi connectivity index (χ4v) is 3.13. The zero-order valence-electron chi connectivity index (χ0n) is 11.3. The molecule has 1 aromatic carbocycles. The van der Waals surface area contributed by atoms with Crippen molar-refractivity contribution in [3.05, 3.63) is 34.3 Å². The van der Waals surface area contributed by atoms with E-state index in [-0.39, 0.29) is 11.9 Å². The SMILES string of the molecule is CC1CCN(C(=O)Cc2ccccc2Br)C(CN)C1. The molecular formula is C15H21BrN2O. The quantitative estimate of drug-likeness (QED) is 0.928. The van der Waals surface area contributed by atoms with Crippen LogP contribution in [0.25, 0.3) is 0 Å². The summed E-state index contributed by atoms with van der Waals surface area (Å²) >= 11 is 3.50. The maximum atomic E-state index is 12.4. The highest BCUT2D eigenvalue weighted by molar-refractivity contribution is 9.10. The molecule has 0 saturated carbocycles. The van der Waals surface area contributed by atoms with Crippen molar-refractivity contribution in [1.82, 2.24) is 4.90 Å². The average Bonchev–Trinajstić information content (AvgIpc) is 2.41. The Morgan fingerprint density at radius 1 is 1.47 bits per heavy atom. The zero-order valence-corrected chi connectivity index (χ0v) is 12.9. The number of nitrogens with zero attached hydrogens (tertiary/aromatic N) is 1. The maximum Gasteiger partial charge on any atom is 0.227 e. The van der Waals surface area contributed by atoms with Crippen molar-refractivity contribution in [1.29, 1.82) is 0 Å². The molecule has 1 aliphatic rings. The molecule has 3 nitrogen and oxygen atoms in total. The standard InChI is InChI=1S/C15H21BrN2O/c1-11-6-7-18(13(8-11)10-17)15(19)9-12-4-2-3-5-14(12)16/h2-5,11,13H,6-10,17H2,1H3. The summed E-state index contributed by atoms with van der Waals surface area (Å²) in [5, 5.41) is 0. The van der Waals surface area contributed by atoms with E-state index in [2.05, 4.69) is 22.9 Å². The van der Waals surface area contributed by atoms with Crippen LogP contribution in [0.5, 0.6) is 0 Å². The molecule has 104 valence electrons. The van der Waals surface area contributed by atoms with E-state index in [9.17, 15) is 4.79 Å². The molecule has 1 fully saturated rings. The summed E-state index contributed by atoms with van der Waals surface area (Å²) in [5.74, 6) is 0.857. The highest BCUT2D eigenvalue weighted by Crippen LogP contribution is 2.24. The van der Waals surface area contributed by atoms with Gasteiger partial charge in [-0.3, -0.25) is 4.79 Å². The first-order valence-corrected chi connectivity index (χ1v) is 7.64. The van der Waals surface area contributed by atoms with Gasteiger partial charge in [-0.1, -0.05) is 41.1 Å². The van der Waals surface area contributed by atoms with Crippen LogP contribution in [-0.2, 0) is 11.2 Å². The minimum Gasteiger partial charge on any atom is -0.338 e. The molecule has 1 aliphatic heterocycles. The number of rotatable bonds is 3. The summed E-state index contributed by atoms with van der Waals surface area (Å²) in [4.78, 5) is 14.4. The Morgan fingerprint density at radius 3 is 2.89 bits per heavy atom. The first kappa shape index (κ1) is 14.5. The lowest BCUT2D eigenvalue weighted by Gasteiger charge is -2.38. The van der Waals surface area contributed by atoms with Crippen LogP contribution >= 0.6 is 15.9 Å². The lowest BCUT2D eigenvalue weighted by molar-refractivity contribution is -0.134. The van der Waals surface area contributed by atoms with Gasteiger partial charge in [0, 0.05) is 23.6 Å². The van der Waals surface area contributed by atoms with Crippen molar-refractivity contribution >= 4 is 21.8 Å². The molecule has 1 heterocycles. The molecule has 2 atom stereocenters. The number of likely N-dealkylation sites (tertiary alicyclic amines) is 1. The largest absolute Gasteiger partial charge is 0.338 e. The van der Waals surface area contributed by atoms with Gasteiger partial charge in [-0.25, -0.2) is 0 Å². The van der Waals surface area contributed by atoms with Crippen molar-refractivity contribution in [2.75, 3.05) is 13.1 Å². The number of amides is 1. The first-order chi connectivity index (χ1) is 9.11. The van der Waals surface area contributed by atoms with Gasteiger partial charge in [0.15, 0.2) is 0 Å². The number of hydrogen-bond donors (Lipinski definition) is 1. The minimum atomic E-state index is 0.189. The van der Waals surface area contributed by atoms with Gasteiger partial charge in [-0.05, 0) is 30.4 Å². The second-order valence-electron chi connectivity index (χ2n) is 5.37. The molecule has 1 saturated heterocycles. The van der Waals surface area contributed by atoms with Crippen LogP contribution in [-0.4, -0.2) is 29.9 Å². The Balaban J connectivity index is 2.05. The van der Waals surface area contributed by atoms with E-state index in [0.29, 0.717) is 18.9 Å². The fourth-order valence-electron chi connectivity index (χ4n) is 2.71. The fraction of sp³-hybridized carbons (Fsp3) is 0.533. The van der Waals surface area contributed by atoms with E-state index in [0.717, 1.165) is 29.4 Å². The van der Waals surface area contributed by atoms with Crippen LogP contribution in [0, 0.1) is 5.92 Å². The molecule has 2 N–H and O–H groups in total. The van der Waals surface area contributed by atoms with Crippen molar-refractivity contribution in [2.24, 2.45) is 11.7 Å². The summed E-state index contributed by atoms with van der Waals surface area (Å²) in [5.41, 5.74) is 6.86. The number of nitrogens with two attached hydrogens (primary N) is 1. The maximum absolute atomic E-state index is 12.4. The molecule has 2 rings (SSSR count). The second-order valence-corrected chi connectivity index (χ2v) is 6.23. The molecule has 19 heavy (non-hydrogen) atoms. The van der Waals surface area contributed by atoms with E-state index in [1.165, 1.54) is 0 Å². The molecular weight excluding hydrogens is 304 g/mol. The number of halogens is 1. The third-order valence-corrected chi connectivity index (χ3v) is 4.64. The summed E-state index contributed by atoms with van der Waals surface area (Å²) in [7, 11) is 0. The van der Waals surface area contributed by atoms with Gasteiger partial charge in [0.25, 0.3) is 0 Å². The average molecular weight is 325 g/mol. The lowest BCUT2D eigenvalue weighted by Crippen LogP contribution is -2.49. The van der Waals surface area contributed by atoms with Gasteiger partial charge in [0.2, 0.25) is 5.91 Å². The van der Waals surface area contributed by atoms with Gasteiger partial charge < -0.3 is 10.6 Å². The Morgan fingerprint density at radius 2 is 2.21 bits per heavy atom. The number of piperidine rings is 1. The van der Waals surface area contributed by atoms with E-state index in [4.69, 9.17) is 5.73 Å². The Hall–Kier alpha value is -0.870. The molecule has 0 radical (unpaired) electrons. The van der Waals surface area contributed by atoms with Crippen LogP contribution in [0.3, 0.4) is 0 Å². The lowest BCUT2D eigenvalue weighted by atomic mass is 9.92. The topological polar surface area (TPSA) is 46.3 Å². The minimum absolute atomic E-state index is 0.189. The number of benzene rings is 1. The van der Waals surface area contributed by atoms with Crippen molar-refractivity contribution in [2.45, 2.75) is 32.2 Å². The van der Waals surface area contributed by atoms with Crippen molar-refractivity contribution < 1.29 is 4.79 Å². The molecule has 1 amide bonds. The highest BCUT2D eigenvalue weighted by atomic mass is 79.9. The van der Waals surface area contributed by atoms with Gasteiger partial charge in [-0.15, -0.1) is 0 Å². The van der Waals surface area contributed by atoms with Crippen LogP contribution in [0.2, 0.25) is 0 Å². The normalized spacial score (nSPS) is 23.4. The van der Waals surface area contributed by atoms with Gasteiger partial charge in [0.05, 0.1) is 6.42 Å². The second kappa shape index (κ2) is 6.53. The van der Waals surface area contributed by atoms with Crippen molar-refractivity contribution in [3.63, 3.8) is 0 Å². The summed E-state index contributed by atoms with van der Waals surface area (Å²) in [6.45, 7) is 3.64. The summed E-state index contributed by atoms with van der Waals surface area (Å²) < 4.78 is 0.998. The Bertz CT molecular complexity index is 450. The number of carbonyl (C=O) groups is 1. The van der Waals surface area contributed by atoms with Crippen LogP contribution in [0.4, 0.5) is 0 Å². The van der Waals surface area contributed by atoms with Crippen LogP contribution in [0.1, 0.15) is 25.3 Å². The third-order valence-electron chi connectivity index (χ3n) is 3.87. The molecule has 0 aromatic heterocycles. The predicted octanol–water partition coefficient (Wildman–Crippen LogP) is 2.58. The van der Waals surface area contributed by atoms with Crippen LogP contribution < -0.4 is 5.73 Å². The molecule has 0 spiro atoms.